The van der Waals surface area contributed by atoms with Gasteiger partial charge in [0.15, 0.2) is 17.3 Å². The summed E-state index contributed by atoms with van der Waals surface area (Å²) in [4.78, 5) is 12.7. The zero-order valence-electron chi connectivity index (χ0n) is 17.7. The zero-order valence-corrected chi connectivity index (χ0v) is 18.5. The van der Waals surface area contributed by atoms with Crippen LogP contribution in [0.5, 0.6) is 11.5 Å². The summed E-state index contributed by atoms with van der Waals surface area (Å²) >= 11 is 0. The average Bonchev–Trinajstić information content (AvgIpc) is 2.94. The molecule has 0 spiro atoms. The van der Waals surface area contributed by atoms with E-state index in [4.69, 9.17) is 14.2 Å². The summed E-state index contributed by atoms with van der Waals surface area (Å²) in [5.41, 5.74) is 1.80. The number of esters is 1. The maximum atomic E-state index is 13.2. The maximum Gasteiger partial charge on any atom is 0.343 e. The van der Waals surface area contributed by atoms with Crippen LogP contribution in [0.25, 0.3) is 0 Å². The van der Waals surface area contributed by atoms with Gasteiger partial charge in [-0.3, -0.25) is 0 Å². The van der Waals surface area contributed by atoms with E-state index in [0.717, 1.165) is 0 Å². The van der Waals surface area contributed by atoms with E-state index in [9.17, 15) is 13.2 Å². The van der Waals surface area contributed by atoms with Gasteiger partial charge in [0.05, 0.1) is 22.9 Å². The molecule has 0 bridgehead atoms. The van der Waals surface area contributed by atoms with Gasteiger partial charge in [0, 0.05) is 11.8 Å². The maximum absolute atomic E-state index is 13.2. The summed E-state index contributed by atoms with van der Waals surface area (Å²) in [7, 11) is -4.20. The zero-order chi connectivity index (χ0) is 22.7. The van der Waals surface area contributed by atoms with Crippen LogP contribution < -0.4 is 20.1 Å². The molecule has 0 amide bonds. The van der Waals surface area contributed by atoms with Gasteiger partial charge in [-0.2, -0.15) is 8.42 Å². The molecular weight excluding hydrogens is 434 g/mol. The van der Waals surface area contributed by atoms with Crippen LogP contribution in [-0.2, 0) is 19.6 Å². The first kappa shape index (κ1) is 21.7. The molecule has 32 heavy (non-hydrogen) atoms. The Labute approximate surface area is 186 Å². The number of para-hydroxylation sites is 2. The van der Waals surface area contributed by atoms with Gasteiger partial charge in [-0.25, -0.2) is 4.79 Å². The lowest BCUT2D eigenvalue weighted by molar-refractivity contribution is -0.137. The number of ether oxygens (including phenoxy) is 3. The molecule has 0 saturated carbocycles. The van der Waals surface area contributed by atoms with E-state index in [0.29, 0.717) is 48.2 Å². The second-order valence-electron chi connectivity index (χ2n) is 6.94. The molecule has 2 aliphatic heterocycles. The molecule has 4 rings (SSSR count). The topological polar surface area (TPSA) is 115 Å². The highest BCUT2D eigenvalue weighted by Crippen LogP contribution is 2.34. The van der Waals surface area contributed by atoms with Crippen LogP contribution in [-0.4, -0.2) is 40.0 Å². The molecule has 2 heterocycles. The molecule has 2 aromatic rings. The molecule has 0 aliphatic carbocycles. The van der Waals surface area contributed by atoms with Gasteiger partial charge in [0.1, 0.15) is 18.8 Å². The molecule has 2 aliphatic rings. The van der Waals surface area contributed by atoms with Crippen molar-refractivity contribution >= 4 is 33.2 Å². The first-order valence-electron chi connectivity index (χ1n) is 10.2. The predicted molar refractivity (Wildman–Crippen MR) is 120 cm³/mol. The fourth-order valence-corrected chi connectivity index (χ4v) is 4.35. The van der Waals surface area contributed by atoms with Crippen LogP contribution >= 0.6 is 0 Å². The monoisotopic (exact) mass is 457 g/mol. The number of sulfonamides is 1. The number of allylic oxidation sites excluding steroid dienone is 1. The standard InChI is InChI=1S/C22H23N3O6S/c1-3-15-20(22(26)29-4-2)21(24-17-8-6-5-7-16(17)23-15)25-32(27,28)14-9-10-18-19(13-14)31-12-11-30-18/h5-10,13,23H,3-4,11-12H2,1-2H3,(H,24,25). The Kier molecular flexibility index (Phi) is 6.04. The minimum absolute atomic E-state index is 0.0340. The SMILES string of the molecule is CCOC(=O)C1=C(CC)Nc2ccccc2N/C1=N\S(=O)(=O)c1ccc2c(c1)OCCO2. The Morgan fingerprint density at radius 1 is 1.03 bits per heavy atom. The van der Waals surface area contributed by atoms with Crippen LogP contribution in [0.2, 0.25) is 0 Å². The number of benzene rings is 2. The summed E-state index contributed by atoms with van der Waals surface area (Å²) in [6.07, 6.45) is 0.424. The van der Waals surface area contributed by atoms with Gasteiger partial charge in [-0.15, -0.1) is 4.40 Å². The van der Waals surface area contributed by atoms with Crippen LogP contribution in [0.15, 0.2) is 63.0 Å². The third kappa shape index (κ3) is 4.26. The van der Waals surface area contributed by atoms with E-state index in [1.807, 2.05) is 19.1 Å². The van der Waals surface area contributed by atoms with Crippen LogP contribution in [0.3, 0.4) is 0 Å². The molecule has 0 atom stereocenters. The average molecular weight is 458 g/mol. The largest absolute Gasteiger partial charge is 0.486 e. The van der Waals surface area contributed by atoms with Crippen LogP contribution in [0.4, 0.5) is 11.4 Å². The quantitative estimate of drug-likeness (QED) is 0.657. The van der Waals surface area contributed by atoms with E-state index < -0.39 is 16.0 Å². The molecule has 0 radical (unpaired) electrons. The fraction of sp³-hybridized carbons (Fsp3) is 0.273. The molecule has 168 valence electrons. The van der Waals surface area contributed by atoms with Crippen molar-refractivity contribution in [1.29, 1.82) is 0 Å². The number of hydrogen-bond donors (Lipinski definition) is 2. The highest BCUT2D eigenvalue weighted by atomic mass is 32.2. The van der Waals surface area contributed by atoms with E-state index in [2.05, 4.69) is 15.0 Å². The van der Waals surface area contributed by atoms with E-state index in [-0.39, 0.29) is 22.9 Å². The number of amidine groups is 1. The Balaban J connectivity index is 1.84. The molecule has 10 heteroatoms. The Bertz CT molecular complexity index is 1220. The number of anilines is 2. The lowest BCUT2D eigenvalue weighted by atomic mass is 10.1. The van der Waals surface area contributed by atoms with Crippen molar-refractivity contribution in [2.75, 3.05) is 30.5 Å². The molecule has 2 aromatic carbocycles. The lowest BCUT2D eigenvalue weighted by Gasteiger charge is -2.18. The summed E-state index contributed by atoms with van der Waals surface area (Å²) in [5, 5.41) is 6.19. The number of fused-ring (bicyclic) bond motifs is 2. The second kappa shape index (κ2) is 8.91. The molecule has 0 aromatic heterocycles. The molecule has 0 unspecified atom stereocenters. The third-order valence-corrected chi connectivity index (χ3v) is 6.13. The minimum Gasteiger partial charge on any atom is -0.486 e. The first-order chi connectivity index (χ1) is 15.4. The fourth-order valence-electron chi connectivity index (χ4n) is 3.37. The van der Waals surface area contributed by atoms with E-state index >= 15 is 0 Å². The van der Waals surface area contributed by atoms with Gasteiger partial charge < -0.3 is 24.8 Å². The van der Waals surface area contributed by atoms with E-state index in [1.165, 1.54) is 18.2 Å². The van der Waals surface area contributed by atoms with Crippen molar-refractivity contribution in [3.63, 3.8) is 0 Å². The van der Waals surface area contributed by atoms with Gasteiger partial charge in [-0.05, 0) is 37.6 Å². The summed E-state index contributed by atoms with van der Waals surface area (Å²) in [6, 6.07) is 11.5. The molecular formula is C22H23N3O6S. The number of hydrogen-bond acceptors (Lipinski definition) is 7. The van der Waals surface area contributed by atoms with Gasteiger partial charge in [-0.1, -0.05) is 19.1 Å². The summed E-state index contributed by atoms with van der Waals surface area (Å²) in [5.74, 6) is 0.00337. The van der Waals surface area contributed by atoms with Gasteiger partial charge >= 0.3 is 5.97 Å². The first-order valence-corrected chi connectivity index (χ1v) is 11.6. The van der Waals surface area contributed by atoms with Crippen LogP contribution in [0.1, 0.15) is 20.3 Å². The van der Waals surface area contributed by atoms with Crippen LogP contribution in [0, 0.1) is 0 Å². The summed E-state index contributed by atoms with van der Waals surface area (Å²) in [6.45, 7) is 4.38. The van der Waals surface area contributed by atoms with Crippen molar-refractivity contribution in [3.05, 3.63) is 53.7 Å². The smallest absolute Gasteiger partial charge is 0.343 e. The molecule has 2 N–H and O–H groups in total. The third-order valence-electron chi connectivity index (χ3n) is 4.86. The minimum atomic E-state index is -4.20. The number of carbonyl (C=O) groups excluding carboxylic acids is 1. The number of carbonyl (C=O) groups is 1. The number of rotatable bonds is 5. The number of nitrogens with one attached hydrogen (secondary N) is 2. The lowest BCUT2D eigenvalue weighted by Crippen LogP contribution is -2.25. The van der Waals surface area contributed by atoms with Crippen molar-refractivity contribution in [2.24, 2.45) is 4.40 Å². The molecule has 0 fully saturated rings. The van der Waals surface area contributed by atoms with Gasteiger partial charge in [0.2, 0.25) is 0 Å². The highest BCUT2D eigenvalue weighted by molar-refractivity contribution is 7.90. The molecule has 9 nitrogen and oxygen atoms in total. The van der Waals surface area contributed by atoms with Crippen molar-refractivity contribution in [1.82, 2.24) is 0 Å². The normalized spacial score (nSPS) is 16.5. The highest BCUT2D eigenvalue weighted by Gasteiger charge is 2.29. The van der Waals surface area contributed by atoms with E-state index in [1.54, 1.807) is 19.1 Å². The molecule has 0 saturated heterocycles. The Morgan fingerprint density at radius 2 is 1.72 bits per heavy atom. The van der Waals surface area contributed by atoms with Gasteiger partial charge in [0.25, 0.3) is 10.0 Å². The van der Waals surface area contributed by atoms with Crippen molar-refractivity contribution in [2.45, 2.75) is 25.2 Å². The second-order valence-corrected chi connectivity index (χ2v) is 8.55. The Hall–Kier alpha value is -3.53. The Morgan fingerprint density at radius 3 is 2.41 bits per heavy atom. The van der Waals surface area contributed by atoms with Crippen molar-refractivity contribution in [3.8, 4) is 11.5 Å². The van der Waals surface area contributed by atoms with Crippen molar-refractivity contribution < 1.29 is 27.4 Å². The predicted octanol–water partition coefficient (Wildman–Crippen LogP) is 3.31. The number of nitrogens with zero attached hydrogens (tertiary/aromatic N) is 1. The summed E-state index contributed by atoms with van der Waals surface area (Å²) < 4.78 is 46.6.